The van der Waals surface area contributed by atoms with Gasteiger partial charge >= 0.3 is 18.7 Å². The van der Waals surface area contributed by atoms with Crippen LogP contribution in [0.3, 0.4) is 0 Å². The molecule has 0 radical (unpaired) electrons. The molecule has 0 amide bonds. The summed E-state index contributed by atoms with van der Waals surface area (Å²) in [5, 5.41) is 0. The maximum Gasteiger partial charge on any atom is 0.525 e. The lowest BCUT2D eigenvalue weighted by Crippen LogP contribution is -2.42. The van der Waals surface area contributed by atoms with Crippen molar-refractivity contribution in [1.82, 2.24) is 0 Å². The van der Waals surface area contributed by atoms with E-state index in [2.05, 4.69) is 4.74 Å². The average molecular weight is 218 g/mol. The first-order chi connectivity index (χ1) is 5.57. The van der Waals surface area contributed by atoms with Gasteiger partial charge in [-0.2, -0.15) is 8.78 Å². The van der Waals surface area contributed by atoms with Crippen LogP contribution in [0.1, 0.15) is 0 Å². The number of hydrogen-bond donors (Lipinski definition) is 0. The highest BCUT2D eigenvalue weighted by Gasteiger charge is 2.54. The molecule has 0 heterocycles. The normalized spacial score (nSPS) is 16.4. The molecule has 13 heavy (non-hydrogen) atoms. The SMILES string of the molecule is FC(F)C(F)(F)C(F)OC(F)(F)F. The second-order valence-electron chi connectivity index (χ2n) is 1.85. The Hall–Kier alpha value is -0.600. The smallest absolute Gasteiger partial charge is 0.250 e. The van der Waals surface area contributed by atoms with Gasteiger partial charge in [-0.1, -0.05) is 0 Å². The summed E-state index contributed by atoms with van der Waals surface area (Å²) in [6.07, 6.45) is -14.7. The van der Waals surface area contributed by atoms with E-state index >= 15 is 0 Å². The van der Waals surface area contributed by atoms with Gasteiger partial charge in [0.25, 0.3) is 6.36 Å². The number of halogens is 8. The van der Waals surface area contributed by atoms with Gasteiger partial charge in [-0.3, -0.25) is 4.74 Å². The fourth-order valence-electron chi connectivity index (χ4n) is 0.295. The standard InChI is InChI=1S/C4H2F8O/c5-1(6)3(8,9)2(7)13-4(10,11)12/h1-2H. The van der Waals surface area contributed by atoms with Gasteiger partial charge < -0.3 is 0 Å². The second kappa shape index (κ2) is 3.64. The third kappa shape index (κ3) is 3.75. The van der Waals surface area contributed by atoms with Crippen molar-refractivity contribution >= 4 is 0 Å². The molecule has 1 atom stereocenters. The van der Waals surface area contributed by atoms with E-state index < -0.39 is 25.1 Å². The molecule has 9 heteroatoms. The largest absolute Gasteiger partial charge is 0.525 e. The van der Waals surface area contributed by atoms with E-state index in [1.807, 2.05) is 0 Å². The van der Waals surface area contributed by atoms with Crippen molar-refractivity contribution in [1.29, 1.82) is 0 Å². The Balaban J connectivity index is 4.34. The number of hydrogen-bond acceptors (Lipinski definition) is 1. The summed E-state index contributed by atoms with van der Waals surface area (Å²) in [5.41, 5.74) is 0. The van der Waals surface area contributed by atoms with Crippen LogP contribution in [0.5, 0.6) is 0 Å². The fourth-order valence-corrected chi connectivity index (χ4v) is 0.295. The fraction of sp³-hybridized carbons (Fsp3) is 1.00. The molecule has 0 aliphatic heterocycles. The third-order valence-corrected chi connectivity index (χ3v) is 0.831. The lowest BCUT2D eigenvalue weighted by atomic mass is 10.3. The van der Waals surface area contributed by atoms with Crippen LogP contribution >= 0.6 is 0 Å². The second-order valence-corrected chi connectivity index (χ2v) is 1.85. The minimum Gasteiger partial charge on any atom is -0.250 e. The van der Waals surface area contributed by atoms with Gasteiger partial charge in [0.15, 0.2) is 0 Å². The highest BCUT2D eigenvalue weighted by Crippen LogP contribution is 2.33. The number of alkyl halides is 8. The Bertz CT molecular complexity index is 162. The summed E-state index contributed by atoms with van der Waals surface area (Å²) in [6, 6.07) is 0. The molecule has 80 valence electrons. The van der Waals surface area contributed by atoms with Gasteiger partial charge in [-0.25, -0.2) is 13.2 Å². The van der Waals surface area contributed by atoms with E-state index in [-0.39, 0.29) is 0 Å². The molecular formula is C4H2F8O. The van der Waals surface area contributed by atoms with Gasteiger partial charge in [0.05, 0.1) is 0 Å². The molecule has 0 fully saturated rings. The summed E-state index contributed by atoms with van der Waals surface area (Å²) in [7, 11) is 0. The van der Waals surface area contributed by atoms with Crippen molar-refractivity contribution in [2.75, 3.05) is 0 Å². The first-order valence-corrected chi connectivity index (χ1v) is 2.62. The van der Waals surface area contributed by atoms with Crippen molar-refractivity contribution in [2.24, 2.45) is 0 Å². The van der Waals surface area contributed by atoms with Crippen LogP contribution < -0.4 is 0 Å². The Morgan fingerprint density at radius 2 is 1.23 bits per heavy atom. The summed E-state index contributed by atoms with van der Waals surface area (Å²) < 4.78 is 92.8. The quantitative estimate of drug-likeness (QED) is 0.661. The zero-order valence-corrected chi connectivity index (χ0v) is 5.59. The molecule has 0 aliphatic rings. The lowest BCUT2D eigenvalue weighted by Gasteiger charge is -2.20. The van der Waals surface area contributed by atoms with Gasteiger partial charge in [0.2, 0.25) is 0 Å². The van der Waals surface area contributed by atoms with Crippen LogP contribution in [0.4, 0.5) is 35.1 Å². The predicted octanol–water partition coefficient (Wildman–Crippen LogP) is 2.72. The zero-order chi connectivity index (χ0) is 10.9. The molecule has 0 aromatic carbocycles. The van der Waals surface area contributed by atoms with E-state index in [4.69, 9.17) is 0 Å². The van der Waals surface area contributed by atoms with Gasteiger partial charge in [0, 0.05) is 0 Å². The third-order valence-electron chi connectivity index (χ3n) is 0.831. The molecule has 0 saturated heterocycles. The summed E-state index contributed by atoms with van der Waals surface area (Å²) >= 11 is 0. The Labute approximate surface area is 66.3 Å². The zero-order valence-electron chi connectivity index (χ0n) is 5.59. The Kier molecular flexibility index (Phi) is 3.47. The van der Waals surface area contributed by atoms with Crippen LogP contribution in [0.25, 0.3) is 0 Å². The molecular weight excluding hydrogens is 216 g/mol. The maximum atomic E-state index is 11.8. The van der Waals surface area contributed by atoms with Crippen LogP contribution in [0.15, 0.2) is 0 Å². The highest BCUT2D eigenvalue weighted by molar-refractivity contribution is 4.72. The van der Waals surface area contributed by atoms with E-state index in [0.29, 0.717) is 0 Å². The molecule has 0 aliphatic carbocycles. The number of ether oxygens (including phenoxy) is 1. The monoisotopic (exact) mass is 218 g/mol. The summed E-state index contributed by atoms with van der Waals surface area (Å²) in [4.78, 5) is 0. The van der Waals surface area contributed by atoms with Gasteiger partial charge in [0.1, 0.15) is 0 Å². The molecule has 0 saturated carbocycles. The molecule has 0 aromatic rings. The van der Waals surface area contributed by atoms with Gasteiger partial charge in [-0.05, 0) is 0 Å². The Morgan fingerprint density at radius 3 is 1.46 bits per heavy atom. The van der Waals surface area contributed by atoms with Crippen LogP contribution in [-0.2, 0) is 4.74 Å². The molecule has 0 N–H and O–H groups in total. The van der Waals surface area contributed by atoms with Crippen LogP contribution in [0.2, 0.25) is 0 Å². The van der Waals surface area contributed by atoms with Crippen LogP contribution in [0, 0.1) is 0 Å². The van der Waals surface area contributed by atoms with E-state index in [1.54, 1.807) is 0 Å². The van der Waals surface area contributed by atoms with Crippen molar-refractivity contribution in [3.63, 3.8) is 0 Å². The molecule has 1 unspecified atom stereocenters. The predicted molar refractivity (Wildman–Crippen MR) is 23.0 cm³/mol. The number of rotatable bonds is 3. The van der Waals surface area contributed by atoms with Gasteiger partial charge in [-0.15, -0.1) is 13.2 Å². The first kappa shape index (κ1) is 12.4. The van der Waals surface area contributed by atoms with E-state index in [1.165, 1.54) is 0 Å². The molecule has 0 bridgehead atoms. The van der Waals surface area contributed by atoms with Crippen molar-refractivity contribution < 1.29 is 39.9 Å². The summed E-state index contributed by atoms with van der Waals surface area (Å²) in [6.45, 7) is 0. The molecule has 1 nitrogen and oxygen atoms in total. The molecule has 0 spiro atoms. The van der Waals surface area contributed by atoms with Crippen molar-refractivity contribution in [3.8, 4) is 0 Å². The van der Waals surface area contributed by atoms with E-state index in [0.717, 1.165) is 0 Å². The van der Waals surface area contributed by atoms with Crippen LogP contribution in [-0.4, -0.2) is 25.1 Å². The summed E-state index contributed by atoms with van der Waals surface area (Å²) in [5.74, 6) is -5.48. The minimum absolute atomic E-state index is 2.07. The maximum absolute atomic E-state index is 11.8. The first-order valence-electron chi connectivity index (χ1n) is 2.62. The highest BCUT2D eigenvalue weighted by atomic mass is 19.4. The van der Waals surface area contributed by atoms with Crippen molar-refractivity contribution in [3.05, 3.63) is 0 Å². The lowest BCUT2D eigenvalue weighted by molar-refractivity contribution is -0.396. The minimum atomic E-state index is -5.72. The van der Waals surface area contributed by atoms with E-state index in [9.17, 15) is 35.1 Å². The molecule has 0 aromatic heterocycles. The average Bonchev–Trinajstić information content (AvgIpc) is 1.82. The molecule has 0 rings (SSSR count). The Morgan fingerprint density at radius 1 is 0.846 bits per heavy atom. The topological polar surface area (TPSA) is 9.23 Å². The van der Waals surface area contributed by atoms with Crippen molar-refractivity contribution in [2.45, 2.75) is 25.1 Å².